The summed E-state index contributed by atoms with van der Waals surface area (Å²) in [4.78, 5) is 21.4. The number of aromatic nitrogens is 2. The molecule has 5 nitrogen and oxygen atoms in total. The number of anilines is 2. The molecule has 28 heavy (non-hydrogen) atoms. The van der Waals surface area contributed by atoms with E-state index in [1.807, 2.05) is 51.1 Å². The fourth-order valence-corrected chi connectivity index (χ4v) is 3.14. The van der Waals surface area contributed by atoms with Gasteiger partial charge in [-0.05, 0) is 68.5 Å². The number of carbonyl (C=O) groups excluding carboxylic acids is 1. The van der Waals surface area contributed by atoms with Gasteiger partial charge in [0.2, 0.25) is 5.95 Å². The second-order valence-corrected chi connectivity index (χ2v) is 7.06. The number of amides is 1. The summed E-state index contributed by atoms with van der Waals surface area (Å²) >= 11 is 0. The van der Waals surface area contributed by atoms with E-state index < -0.39 is 0 Å². The smallest absolute Gasteiger partial charge is 0.274 e. The van der Waals surface area contributed by atoms with Crippen molar-refractivity contribution in [3.05, 3.63) is 82.7 Å². The Morgan fingerprint density at radius 1 is 0.929 bits per heavy atom. The molecule has 0 spiro atoms. The van der Waals surface area contributed by atoms with Crippen molar-refractivity contribution in [1.29, 1.82) is 0 Å². The van der Waals surface area contributed by atoms with Crippen molar-refractivity contribution in [2.75, 3.05) is 17.2 Å². The van der Waals surface area contributed by atoms with Crippen molar-refractivity contribution >= 4 is 17.5 Å². The second-order valence-electron chi connectivity index (χ2n) is 7.06. The van der Waals surface area contributed by atoms with Crippen LogP contribution < -0.4 is 10.6 Å². The lowest BCUT2D eigenvalue weighted by molar-refractivity contribution is 0.102. The monoisotopic (exact) mass is 374 g/mol. The van der Waals surface area contributed by atoms with Gasteiger partial charge in [-0.2, -0.15) is 0 Å². The summed E-state index contributed by atoms with van der Waals surface area (Å²) in [5.41, 5.74) is 5.41. The average molecular weight is 374 g/mol. The van der Waals surface area contributed by atoms with Crippen LogP contribution in [0, 0.1) is 20.8 Å². The van der Waals surface area contributed by atoms with E-state index in [2.05, 4.69) is 38.8 Å². The molecule has 2 aromatic carbocycles. The zero-order valence-electron chi connectivity index (χ0n) is 16.6. The molecule has 1 amide bonds. The number of aryl methyl sites for hydroxylation is 4. The van der Waals surface area contributed by atoms with Gasteiger partial charge < -0.3 is 10.6 Å². The molecule has 144 valence electrons. The Balaban J connectivity index is 1.61. The van der Waals surface area contributed by atoms with Crippen LogP contribution in [-0.4, -0.2) is 22.4 Å². The van der Waals surface area contributed by atoms with Gasteiger partial charge in [0.15, 0.2) is 0 Å². The molecular formula is C23H26N4O. The van der Waals surface area contributed by atoms with Crippen molar-refractivity contribution in [1.82, 2.24) is 9.97 Å². The van der Waals surface area contributed by atoms with Gasteiger partial charge >= 0.3 is 0 Å². The highest BCUT2D eigenvalue weighted by atomic mass is 16.1. The summed E-state index contributed by atoms with van der Waals surface area (Å²) < 4.78 is 0. The molecule has 0 unspecified atom stereocenters. The highest BCUT2D eigenvalue weighted by molar-refractivity contribution is 6.03. The molecule has 0 aliphatic carbocycles. The third-order valence-electron chi connectivity index (χ3n) is 4.33. The maximum absolute atomic E-state index is 12.6. The van der Waals surface area contributed by atoms with Gasteiger partial charge in [-0.15, -0.1) is 0 Å². The quantitative estimate of drug-likeness (QED) is 0.588. The molecule has 3 aromatic rings. The predicted molar refractivity (Wildman–Crippen MR) is 114 cm³/mol. The Morgan fingerprint density at radius 2 is 1.64 bits per heavy atom. The SMILES string of the molecule is Cc1cc(C)cc(NC(=O)c2cc(C)nc(NCCCc3ccccc3)n2)c1. The van der Waals surface area contributed by atoms with E-state index in [9.17, 15) is 4.79 Å². The van der Waals surface area contributed by atoms with Gasteiger partial charge in [-0.1, -0.05) is 36.4 Å². The minimum Gasteiger partial charge on any atom is -0.354 e. The first kappa shape index (κ1) is 19.5. The van der Waals surface area contributed by atoms with Gasteiger partial charge in [0.25, 0.3) is 5.91 Å². The Kier molecular flexibility index (Phi) is 6.37. The van der Waals surface area contributed by atoms with Crippen LogP contribution in [0.15, 0.2) is 54.6 Å². The Bertz CT molecular complexity index is 934. The van der Waals surface area contributed by atoms with Crippen LogP contribution in [0.3, 0.4) is 0 Å². The van der Waals surface area contributed by atoms with E-state index in [4.69, 9.17) is 0 Å². The number of hydrogen-bond acceptors (Lipinski definition) is 4. The average Bonchev–Trinajstić information content (AvgIpc) is 2.65. The lowest BCUT2D eigenvalue weighted by atomic mass is 10.1. The van der Waals surface area contributed by atoms with Crippen LogP contribution in [0.1, 0.15) is 39.3 Å². The fraction of sp³-hybridized carbons (Fsp3) is 0.261. The third-order valence-corrected chi connectivity index (χ3v) is 4.33. The lowest BCUT2D eigenvalue weighted by Crippen LogP contribution is -2.16. The van der Waals surface area contributed by atoms with Crippen molar-refractivity contribution < 1.29 is 4.79 Å². The van der Waals surface area contributed by atoms with Crippen LogP contribution in [0.2, 0.25) is 0 Å². The van der Waals surface area contributed by atoms with Crippen LogP contribution >= 0.6 is 0 Å². The fourth-order valence-electron chi connectivity index (χ4n) is 3.14. The Hall–Kier alpha value is -3.21. The lowest BCUT2D eigenvalue weighted by Gasteiger charge is -2.10. The van der Waals surface area contributed by atoms with E-state index in [0.717, 1.165) is 41.9 Å². The van der Waals surface area contributed by atoms with Crippen LogP contribution in [0.4, 0.5) is 11.6 Å². The summed E-state index contributed by atoms with van der Waals surface area (Å²) in [6.45, 7) is 6.63. The largest absolute Gasteiger partial charge is 0.354 e. The molecular weight excluding hydrogens is 348 g/mol. The van der Waals surface area contributed by atoms with Gasteiger partial charge in [0.05, 0.1) is 0 Å². The van der Waals surface area contributed by atoms with E-state index in [-0.39, 0.29) is 5.91 Å². The molecule has 0 aliphatic rings. The highest BCUT2D eigenvalue weighted by Crippen LogP contribution is 2.15. The van der Waals surface area contributed by atoms with Gasteiger partial charge in [-0.25, -0.2) is 9.97 Å². The summed E-state index contributed by atoms with van der Waals surface area (Å²) in [7, 11) is 0. The molecule has 5 heteroatoms. The van der Waals surface area contributed by atoms with Gasteiger partial charge in [0, 0.05) is 17.9 Å². The minimum absolute atomic E-state index is 0.233. The molecule has 0 atom stereocenters. The highest BCUT2D eigenvalue weighted by Gasteiger charge is 2.11. The summed E-state index contributed by atoms with van der Waals surface area (Å²) in [5, 5.41) is 6.16. The summed E-state index contributed by atoms with van der Waals surface area (Å²) in [6.07, 6.45) is 1.95. The number of benzene rings is 2. The molecule has 0 radical (unpaired) electrons. The molecule has 0 aliphatic heterocycles. The van der Waals surface area contributed by atoms with Crippen molar-refractivity contribution in [3.63, 3.8) is 0 Å². The standard InChI is InChI=1S/C23H26N4O/c1-16-12-17(2)14-20(13-16)26-22(28)21-15-18(3)25-23(27-21)24-11-7-10-19-8-5-4-6-9-19/h4-6,8-9,12-15H,7,10-11H2,1-3H3,(H,26,28)(H,24,25,27). The van der Waals surface area contributed by atoms with Gasteiger partial charge in [0.1, 0.15) is 5.69 Å². The normalized spacial score (nSPS) is 10.5. The van der Waals surface area contributed by atoms with Crippen molar-refractivity contribution in [2.24, 2.45) is 0 Å². The van der Waals surface area contributed by atoms with E-state index in [0.29, 0.717) is 11.6 Å². The van der Waals surface area contributed by atoms with Gasteiger partial charge in [-0.3, -0.25) is 4.79 Å². The molecule has 0 bridgehead atoms. The molecule has 2 N–H and O–H groups in total. The maximum Gasteiger partial charge on any atom is 0.274 e. The number of nitrogens with one attached hydrogen (secondary N) is 2. The number of carbonyl (C=O) groups is 1. The molecule has 0 saturated heterocycles. The minimum atomic E-state index is -0.233. The number of hydrogen-bond donors (Lipinski definition) is 2. The molecule has 1 heterocycles. The zero-order chi connectivity index (χ0) is 19.9. The summed E-state index contributed by atoms with van der Waals surface area (Å²) in [6, 6.07) is 18.0. The molecule has 1 aromatic heterocycles. The predicted octanol–water partition coefficient (Wildman–Crippen LogP) is 4.70. The second kappa shape index (κ2) is 9.13. The van der Waals surface area contributed by atoms with Crippen molar-refractivity contribution in [2.45, 2.75) is 33.6 Å². The van der Waals surface area contributed by atoms with E-state index >= 15 is 0 Å². The Morgan fingerprint density at radius 3 is 2.36 bits per heavy atom. The summed E-state index contributed by atoms with van der Waals surface area (Å²) in [5.74, 6) is 0.251. The molecule has 0 saturated carbocycles. The van der Waals surface area contributed by atoms with E-state index in [1.165, 1.54) is 5.56 Å². The number of nitrogens with zero attached hydrogens (tertiary/aromatic N) is 2. The zero-order valence-corrected chi connectivity index (χ0v) is 16.6. The first-order valence-corrected chi connectivity index (χ1v) is 9.53. The van der Waals surface area contributed by atoms with E-state index in [1.54, 1.807) is 6.07 Å². The van der Waals surface area contributed by atoms with Crippen molar-refractivity contribution in [3.8, 4) is 0 Å². The molecule has 3 rings (SSSR count). The number of rotatable bonds is 7. The topological polar surface area (TPSA) is 66.9 Å². The van der Waals surface area contributed by atoms with Crippen LogP contribution in [0.5, 0.6) is 0 Å². The Labute approximate surface area is 166 Å². The first-order valence-electron chi connectivity index (χ1n) is 9.53. The first-order chi connectivity index (χ1) is 13.5. The van der Waals surface area contributed by atoms with Crippen LogP contribution in [-0.2, 0) is 6.42 Å². The van der Waals surface area contributed by atoms with Crippen LogP contribution in [0.25, 0.3) is 0 Å². The molecule has 0 fully saturated rings. The third kappa shape index (κ3) is 5.64. The maximum atomic E-state index is 12.6.